The second-order valence-corrected chi connectivity index (χ2v) is 12.4. The zero-order valence-electron chi connectivity index (χ0n) is 23.4. The van der Waals surface area contributed by atoms with Crippen molar-refractivity contribution in [3.8, 4) is 16.9 Å². The molecule has 1 fully saturated rings. The Bertz CT molecular complexity index is 1560. The van der Waals surface area contributed by atoms with Crippen molar-refractivity contribution in [1.29, 1.82) is 0 Å². The van der Waals surface area contributed by atoms with E-state index in [9.17, 15) is 39.9 Å². The van der Waals surface area contributed by atoms with Gasteiger partial charge in [0.05, 0.1) is 16.7 Å². The summed E-state index contributed by atoms with van der Waals surface area (Å²) in [7, 11) is 0. The van der Waals surface area contributed by atoms with Crippen LogP contribution in [-0.2, 0) is 20.0 Å². The van der Waals surface area contributed by atoms with Crippen LogP contribution in [0.3, 0.4) is 0 Å². The molecule has 1 saturated carbocycles. The quantitative estimate of drug-likeness (QED) is 0.352. The lowest BCUT2D eigenvalue weighted by Gasteiger charge is -2.62. The molecule has 2 aromatic carbocycles. The first-order chi connectivity index (χ1) is 18.5. The Hall–Kier alpha value is -3.75. The average molecular weight is 547 g/mol. The van der Waals surface area contributed by atoms with Gasteiger partial charge >= 0.3 is 0 Å². The Kier molecular flexibility index (Phi) is 5.82. The molecule has 0 saturated heterocycles. The van der Waals surface area contributed by atoms with Crippen molar-refractivity contribution in [3.05, 3.63) is 70.5 Å². The van der Waals surface area contributed by atoms with Crippen LogP contribution in [0.25, 0.3) is 16.9 Å². The van der Waals surface area contributed by atoms with Crippen molar-refractivity contribution < 1.29 is 39.9 Å². The Morgan fingerprint density at radius 3 is 2.10 bits per heavy atom. The van der Waals surface area contributed by atoms with Crippen LogP contribution >= 0.6 is 0 Å². The number of phenols is 1. The van der Waals surface area contributed by atoms with Gasteiger partial charge in [0.25, 0.3) is 0 Å². The number of fused-ring (bicyclic) bond motifs is 3. The van der Waals surface area contributed by atoms with Gasteiger partial charge in [0.2, 0.25) is 5.78 Å². The number of rotatable bonds is 3. The number of aromatic hydroxyl groups is 1. The first-order valence-corrected chi connectivity index (χ1v) is 13.3. The van der Waals surface area contributed by atoms with Gasteiger partial charge in [-0.25, -0.2) is 0 Å². The fourth-order valence-corrected chi connectivity index (χ4v) is 7.86. The average Bonchev–Trinajstić information content (AvgIpc) is 2.85. The minimum atomic E-state index is -2.75. The number of ketones is 3. The third-order valence-electron chi connectivity index (χ3n) is 9.77. The molecule has 0 aromatic heterocycles. The monoisotopic (exact) mass is 546 g/mol. The predicted molar refractivity (Wildman–Crippen MR) is 147 cm³/mol. The standard InChI is InChI=1S/C32H34O8/c1-15(2)22-25(35)20(16(3)33)27(37)32(40)28(38)24-26(36)21-19(34)13-12-18(17-10-8-7-9-11-17)23(21)31(6,39)29(24,4)14-30(22,32)5/h7-13,15,22,34,36-37,39-40H,14H2,1-6H3/t22?,29-,30-,31-,32+/m1/s1. The number of hydrogen-bond acceptors (Lipinski definition) is 8. The SMILES string of the molecule is CC(=O)C1=C(O)[C@]2(O)C(=O)C3=C(O)c4c(O)ccc(-c5ccccc5)c4[C@@](C)(O)[C@]3(C)C[C@]2(C)C(C(C)C)C1=O. The number of carbonyl (C=O) groups excluding carboxylic acids is 3. The van der Waals surface area contributed by atoms with Gasteiger partial charge in [-0.2, -0.15) is 0 Å². The van der Waals surface area contributed by atoms with E-state index in [1.165, 1.54) is 19.9 Å². The Balaban J connectivity index is 1.92. The molecule has 40 heavy (non-hydrogen) atoms. The third-order valence-corrected chi connectivity index (χ3v) is 9.77. The summed E-state index contributed by atoms with van der Waals surface area (Å²) in [6, 6.07) is 12.0. The number of benzene rings is 2. The number of aliphatic hydroxyl groups excluding tert-OH is 2. The molecule has 0 heterocycles. The molecule has 1 unspecified atom stereocenters. The first-order valence-electron chi connectivity index (χ1n) is 13.3. The lowest BCUT2D eigenvalue weighted by molar-refractivity contribution is -0.193. The first kappa shape index (κ1) is 27.8. The van der Waals surface area contributed by atoms with Gasteiger partial charge in [-0.15, -0.1) is 0 Å². The summed E-state index contributed by atoms with van der Waals surface area (Å²) in [6.07, 6.45) is -0.220. The largest absolute Gasteiger partial charge is 0.508 e. The second kappa shape index (κ2) is 8.38. The highest BCUT2D eigenvalue weighted by atomic mass is 16.4. The van der Waals surface area contributed by atoms with Gasteiger partial charge in [-0.05, 0) is 43.4 Å². The van der Waals surface area contributed by atoms with Crippen LogP contribution in [0.2, 0.25) is 0 Å². The van der Waals surface area contributed by atoms with Crippen molar-refractivity contribution >= 4 is 23.1 Å². The van der Waals surface area contributed by atoms with Gasteiger partial charge in [0.1, 0.15) is 22.8 Å². The Morgan fingerprint density at radius 1 is 0.950 bits per heavy atom. The minimum Gasteiger partial charge on any atom is -0.508 e. The lowest BCUT2D eigenvalue weighted by atomic mass is 9.41. The number of hydrogen-bond donors (Lipinski definition) is 5. The van der Waals surface area contributed by atoms with Crippen LogP contribution in [0.1, 0.15) is 59.1 Å². The summed E-state index contributed by atoms with van der Waals surface area (Å²) < 4.78 is 0. The van der Waals surface area contributed by atoms with Crippen LogP contribution in [0, 0.1) is 22.7 Å². The van der Waals surface area contributed by atoms with Crippen LogP contribution in [0.15, 0.2) is 59.4 Å². The third kappa shape index (κ3) is 3.06. The van der Waals surface area contributed by atoms with E-state index >= 15 is 0 Å². The summed E-state index contributed by atoms with van der Waals surface area (Å²) in [5, 5.41) is 58.6. The summed E-state index contributed by atoms with van der Waals surface area (Å²) in [4.78, 5) is 40.7. The predicted octanol–water partition coefficient (Wildman–Crippen LogP) is 4.52. The zero-order valence-corrected chi connectivity index (χ0v) is 23.4. The topological polar surface area (TPSA) is 152 Å². The van der Waals surface area contributed by atoms with Crippen LogP contribution in [-0.4, -0.2) is 48.5 Å². The molecule has 5 atom stereocenters. The van der Waals surface area contributed by atoms with E-state index in [4.69, 9.17) is 0 Å². The van der Waals surface area contributed by atoms with Gasteiger partial charge in [0.15, 0.2) is 17.2 Å². The fourth-order valence-electron chi connectivity index (χ4n) is 7.86. The Labute approximate surface area is 232 Å². The maximum absolute atomic E-state index is 14.5. The van der Waals surface area contributed by atoms with E-state index in [1.54, 1.807) is 26.8 Å². The highest BCUT2D eigenvalue weighted by Gasteiger charge is 2.75. The highest BCUT2D eigenvalue weighted by Crippen LogP contribution is 2.69. The van der Waals surface area contributed by atoms with Crippen LogP contribution < -0.4 is 0 Å². The number of aliphatic hydroxyl groups is 4. The number of Topliss-reactive ketones (excluding diaryl/α,β-unsaturated/α-hetero) is 3. The van der Waals surface area contributed by atoms with E-state index in [1.807, 2.05) is 30.3 Å². The molecule has 5 N–H and O–H groups in total. The number of allylic oxidation sites excluding steroid dienone is 1. The van der Waals surface area contributed by atoms with Crippen molar-refractivity contribution in [2.75, 3.05) is 0 Å². The molecule has 0 bridgehead atoms. The number of phenolic OH excluding ortho intramolecular Hbond substituents is 1. The minimum absolute atomic E-state index is 0.165. The van der Waals surface area contributed by atoms with Crippen LogP contribution in [0.4, 0.5) is 0 Å². The molecule has 8 heteroatoms. The molecule has 0 spiro atoms. The smallest absolute Gasteiger partial charge is 0.203 e. The summed E-state index contributed by atoms with van der Waals surface area (Å²) >= 11 is 0. The molecular weight excluding hydrogens is 512 g/mol. The molecule has 0 amide bonds. The zero-order chi connectivity index (χ0) is 29.7. The molecule has 210 valence electrons. The molecule has 5 rings (SSSR count). The normalized spacial score (nSPS) is 33.6. The van der Waals surface area contributed by atoms with E-state index < -0.39 is 79.6 Å². The van der Waals surface area contributed by atoms with E-state index in [0.717, 1.165) is 6.92 Å². The maximum atomic E-state index is 14.5. The van der Waals surface area contributed by atoms with Crippen molar-refractivity contribution in [1.82, 2.24) is 0 Å². The summed E-state index contributed by atoms with van der Waals surface area (Å²) in [5.74, 6) is -6.24. The van der Waals surface area contributed by atoms with Crippen molar-refractivity contribution in [2.24, 2.45) is 22.7 Å². The van der Waals surface area contributed by atoms with E-state index in [-0.39, 0.29) is 17.5 Å². The molecule has 3 aliphatic rings. The van der Waals surface area contributed by atoms with E-state index in [2.05, 4.69) is 0 Å². The van der Waals surface area contributed by atoms with Crippen molar-refractivity contribution in [3.63, 3.8) is 0 Å². The molecule has 3 aliphatic carbocycles. The Morgan fingerprint density at radius 2 is 1.55 bits per heavy atom. The maximum Gasteiger partial charge on any atom is 0.203 e. The highest BCUT2D eigenvalue weighted by molar-refractivity contribution is 6.24. The molecule has 0 aliphatic heterocycles. The lowest BCUT2D eigenvalue weighted by Crippen LogP contribution is -2.71. The summed E-state index contributed by atoms with van der Waals surface area (Å²) in [5.41, 5.74) is -7.74. The number of carbonyl (C=O) groups is 3. The molecular formula is C32H34O8. The summed E-state index contributed by atoms with van der Waals surface area (Å²) in [6.45, 7) is 9.09. The fraction of sp³-hybridized carbons (Fsp3) is 0.406. The van der Waals surface area contributed by atoms with Gasteiger partial charge in [0, 0.05) is 22.3 Å². The van der Waals surface area contributed by atoms with E-state index in [0.29, 0.717) is 11.1 Å². The van der Waals surface area contributed by atoms with Gasteiger partial charge < -0.3 is 25.5 Å². The molecule has 8 nitrogen and oxygen atoms in total. The van der Waals surface area contributed by atoms with Crippen molar-refractivity contribution in [2.45, 2.75) is 59.2 Å². The van der Waals surface area contributed by atoms with Crippen LogP contribution in [0.5, 0.6) is 5.75 Å². The van der Waals surface area contributed by atoms with Gasteiger partial charge in [-0.3, -0.25) is 14.4 Å². The molecule has 0 radical (unpaired) electrons. The molecule has 2 aromatic rings. The second-order valence-electron chi connectivity index (χ2n) is 12.4. The van der Waals surface area contributed by atoms with Gasteiger partial charge in [-0.1, -0.05) is 64.1 Å².